The van der Waals surface area contributed by atoms with Crippen molar-refractivity contribution in [2.24, 2.45) is 10.2 Å². The minimum atomic E-state index is 0.129. The molecule has 0 aromatic heterocycles. The molecule has 2 aliphatic rings. The van der Waals surface area contributed by atoms with E-state index in [0.29, 0.717) is 0 Å². The Morgan fingerprint density at radius 1 is 1.22 bits per heavy atom. The van der Waals surface area contributed by atoms with Crippen LogP contribution in [0.4, 0.5) is 0 Å². The van der Waals surface area contributed by atoms with Gasteiger partial charge in [0.2, 0.25) is 0 Å². The first-order valence-electron chi connectivity index (χ1n) is 3.39. The van der Waals surface area contributed by atoms with Gasteiger partial charge in [-0.05, 0) is 25.7 Å². The van der Waals surface area contributed by atoms with Gasteiger partial charge >= 0.3 is 0 Å². The van der Waals surface area contributed by atoms with E-state index >= 15 is 0 Å². The van der Waals surface area contributed by atoms with Crippen molar-refractivity contribution >= 4 is 15.9 Å². The number of halogens is 1. The second-order valence-corrected chi connectivity index (χ2v) is 4.15. The number of hydrogen-bond donors (Lipinski definition) is 0. The molecule has 3 heteroatoms. The summed E-state index contributed by atoms with van der Waals surface area (Å²) in [4.78, 5) is 0.731. The quantitative estimate of drug-likeness (QED) is 0.523. The molecule has 2 nitrogen and oxygen atoms in total. The molecule has 0 radical (unpaired) electrons. The third kappa shape index (κ3) is 1.02. The van der Waals surface area contributed by atoms with E-state index in [0.717, 1.165) is 4.83 Å². The topological polar surface area (TPSA) is 24.7 Å². The predicted molar refractivity (Wildman–Crippen MR) is 38.8 cm³/mol. The monoisotopic (exact) mass is 188 g/mol. The molecule has 1 fully saturated rings. The summed E-state index contributed by atoms with van der Waals surface area (Å²) < 4.78 is 0. The maximum Gasteiger partial charge on any atom is 0.191 e. The lowest BCUT2D eigenvalue weighted by Gasteiger charge is -2.20. The average Bonchev–Trinajstić information content (AvgIpc) is 2.60. The van der Waals surface area contributed by atoms with Gasteiger partial charge in [-0.15, -0.1) is 0 Å². The van der Waals surface area contributed by atoms with Crippen molar-refractivity contribution in [2.75, 3.05) is 0 Å². The van der Waals surface area contributed by atoms with E-state index in [9.17, 15) is 0 Å². The first-order chi connectivity index (χ1) is 4.31. The second kappa shape index (κ2) is 1.78. The van der Waals surface area contributed by atoms with E-state index in [2.05, 4.69) is 26.2 Å². The molecule has 0 amide bonds. The molecule has 1 spiro atoms. The highest BCUT2D eigenvalue weighted by molar-refractivity contribution is 9.09. The van der Waals surface area contributed by atoms with Gasteiger partial charge in [0.05, 0.1) is 0 Å². The molecular weight excluding hydrogens is 180 g/mol. The molecule has 0 atom stereocenters. The lowest BCUT2D eigenvalue weighted by molar-refractivity contribution is 0.408. The molecule has 0 aromatic carbocycles. The van der Waals surface area contributed by atoms with Crippen LogP contribution >= 0.6 is 15.9 Å². The summed E-state index contributed by atoms with van der Waals surface area (Å²) in [5, 5.41) is 8.06. The van der Waals surface area contributed by atoms with Crippen molar-refractivity contribution in [1.82, 2.24) is 0 Å². The highest BCUT2D eigenvalue weighted by Crippen LogP contribution is 2.43. The molecule has 1 aliphatic carbocycles. The number of hydrogen-bond acceptors (Lipinski definition) is 2. The van der Waals surface area contributed by atoms with E-state index in [1.54, 1.807) is 0 Å². The lowest BCUT2D eigenvalue weighted by atomic mass is 9.92. The maximum atomic E-state index is 4.03. The number of nitrogens with zero attached hydrogens (tertiary/aromatic N) is 2. The molecule has 1 aliphatic heterocycles. The Hall–Kier alpha value is 0.0800. The molecular formula is C6H9BrN2. The Balaban J connectivity index is 1.92. The summed E-state index contributed by atoms with van der Waals surface area (Å²) in [6.45, 7) is 0. The van der Waals surface area contributed by atoms with Gasteiger partial charge in [0.1, 0.15) is 0 Å². The van der Waals surface area contributed by atoms with Crippen molar-refractivity contribution in [3.05, 3.63) is 0 Å². The third-order valence-electron chi connectivity index (χ3n) is 2.10. The van der Waals surface area contributed by atoms with E-state index in [-0.39, 0.29) is 5.66 Å². The van der Waals surface area contributed by atoms with Crippen LogP contribution in [0.1, 0.15) is 25.7 Å². The summed E-state index contributed by atoms with van der Waals surface area (Å²) in [5.74, 6) is 0. The van der Waals surface area contributed by atoms with Crippen LogP contribution in [-0.4, -0.2) is 10.5 Å². The number of rotatable bonds is 0. The smallest absolute Gasteiger partial charge is 0.159 e. The fourth-order valence-corrected chi connectivity index (χ4v) is 1.77. The van der Waals surface area contributed by atoms with Crippen LogP contribution in [0.2, 0.25) is 0 Å². The standard InChI is InChI=1S/C6H9BrN2/c7-5-1-3-6(4-2-5)8-9-6/h5H,1-4H2. The summed E-state index contributed by atoms with van der Waals surface area (Å²) in [6.07, 6.45) is 4.83. The van der Waals surface area contributed by atoms with E-state index in [4.69, 9.17) is 0 Å². The van der Waals surface area contributed by atoms with Gasteiger partial charge in [-0.25, -0.2) is 0 Å². The molecule has 1 saturated carbocycles. The van der Waals surface area contributed by atoms with Crippen LogP contribution in [0.25, 0.3) is 0 Å². The minimum absolute atomic E-state index is 0.129. The largest absolute Gasteiger partial charge is 0.191 e. The Morgan fingerprint density at radius 3 is 2.22 bits per heavy atom. The minimum Gasteiger partial charge on any atom is -0.159 e. The molecule has 9 heavy (non-hydrogen) atoms. The first-order valence-corrected chi connectivity index (χ1v) is 4.30. The first kappa shape index (κ1) is 5.83. The Labute approximate surface area is 62.9 Å². The van der Waals surface area contributed by atoms with Gasteiger partial charge in [0.25, 0.3) is 0 Å². The Kier molecular flexibility index (Phi) is 1.15. The SMILES string of the molecule is BrC1CCC2(CC1)N=N2. The zero-order valence-electron chi connectivity index (χ0n) is 5.18. The van der Waals surface area contributed by atoms with Crippen LogP contribution in [0.15, 0.2) is 10.2 Å². The Morgan fingerprint density at radius 2 is 1.78 bits per heavy atom. The molecule has 0 aromatic rings. The number of alkyl halides is 1. The van der Waals surface area contributed by atoms with E-state index in [1.165, 1.54) is 25.7 Å². The van der Waals surface area contributed by atoms with Crippen molar-refractivity contribution < 1.29 is 0 Å². The lowest BCUT2D eigenvalue weighted by Crippen LogP contribution is -2.20. The van der Waals surface area contributed by atoms with Gasteiger partial charge in [-0.3, -0.25) is 0 Å². The molecule has 0 bridgehead atoms. The summed E-state index contributed by atoms with van der Waals surface area (Å²) in [7, 11) is 0. The van der Waals surface area contributed by atoms with Crippen molar-refractivity contribution in [1.29, 1.82) is 0 Å². The van der Waals surface area contributed by atoms with Gasteiger partial charge in [0, 0.05) is 4.83 Å². The van der Waals surface area contributed by atoms with Gasteiger partial charge in [-0.2, -0.15) is 10.2 Å². The normalized spacial score (nSPS) is 31.2. The molecule has 1 heterocycles. The zero-order valence-corrected chi connectivity index (χ0v) is 6.76. The van der Waals surface area contributed by atoms with Crippen LogP contribution < -0.4 is 0 Å². The average molecular weight is 189 g/mol. The van der Waals surface area contributed by atoms with Gasteiger partial charge in [0.15, 0.2) is 5.66 Å². The Bertz CT molecular complexity index is 139. The van der Waals surface area contributed by atoms with Gasteiger partial charge in [-0.1, -0.05) is 15.9 Å². The maximum absolute atomic E-state index is 4.03. The molecule has 0 N–H and O–H groups in total. The molecule has 2 rings (SSSR count). The third-order valence-corrected chi connectivity index (χ3v) is 3.01. The molecule has 0 saturated heterocycles. The van der Waals surface area contributed by atoms with E-state index in [1.807, 2.05) is 0 Å². The van der Waals surface area contributed by atoms with Crippen LogP contribution in [0.3, 0.4) is 0 Å². The van der Waals surface area contributed by atoms with Crippen molar-refractivity contribution in [2.45, 2.75) is 36.2 Å². The second-order valence-electron chi connectivity index (χ2n) is 2.86. The predicted octanol–water partition coefficient (Wildman–Crippen LogP) is 2.49. The summed E-state index contributed by atoms with van der Waals surface area (Å²) >= 11 is 3.58. The summed E-state index contributed by atoms with van der Waals surface area (Å²) in [5.41, 5.74) is 0.129. The van der Waals surface area contributed by atoms with Crippen LogP contribution in [-0.2, 0) is 0 Å². The highest BCUT2D eigenvalue weighted by atomic mass is 79.9. The zero-order chi connectivity index (χ0) is 6.32. The fourth-order valence-electron chi connectivity index (χ4n) is 1.32. The van der Waals surface area contributed by atoms with Crippen LogP contribution in [0.5, 0.6) is 0 Å². The van der Waals surface area contributed by atoms with E-state index < -0.39 is 0 Å². The fraction of sp³-hybridized carbons (Fsp3) is 1.00. The van der Waals surface area contributed by atoms with Crippen molar-refractivity contribution in [3.8, 4) is 0 Å². The molecule has 0 unspecified atom stereocenters. The van der Waals surface area contributed by atoms with Crippen molar-refractivity contribution in [3.63, 3.8) is 0 Å². The molecule has 50 valence electrons. The highest BCUT2D eigenvalue weighted by Gasteiger charge is 2.42. The summed E-state index contributed by atoms with van der Waals surface area (Å²) in [6, 6.07) is 0. The van der Waals surface area contributed by atoms with Gasteiger partial charge < -0.3 is 0 Å². The van der Waals surface area contributed by atoms with Crippen LogP contribution in [0, 0.1) is 0 Å².